The molecule has 17 heavy (non-hydrogen) atoms. The van der Waals surface area contributed by atoms with Gasteiger partial charge in [0.25, 0.3) is 0 Å². The molecule has 1 fully saturated rings. The zero-order chi connectivity index (χ0) is 13.2. The van der Waals surface area contributed by atoms with Crippen molar-refractivity contribution in [3.8, 4) is 0 Å². The van der Waals surface area contributed by atoms with Gasteiger partial charge in [0.15, 0.2) is 0 Å². The molecule has 1 aliphatic heterocycles. The maximum Gasteiger partial charge on any atom is 0.249 e. The van der Waals surface area contributed by atoms with Gasteiger partial charge in [0, 0.05) is 12.5 Å². The van der Waals surface area contributed by atoms with Crippen LogP contribution in [0.4, 0.5) is 0 Å². The molecule has 2 unspecified atom stereocenters. The van der Waals surface area contributed by atoms with E-state index >= 15 is 0 Å². The van der Waals surface area contributed by atoms with E-state index in [0.717, 1.165) is 0 Å². The Labute approximate surface area is 101 Å². The van der Waals surface area contributed by atoms with Gasteiger partial charge in [-0.2, -0.15) is 0 Å². The van der Waals surface area contributed by atoms with Gasteiger partial charge in [-0.05, 0) is 12.8 Å². The predicted molar refractivity (Wildman–Crippen MR) is 61.8 cm³/mol. The Morgan fingerprint density at radius 1 is 1.53 bits per heavy atom. The number of imide groups is 1. The van der Waals surface area contributed by atoms with Crippen LogP contribution in [-0.2, 0) is 14.4 Å². The van der Waals surface area contributed by atoms with E-state index in [1.807, 2.05) is 13.8 Å². The first-order valence-corrected chi connectivity index (χ1v) is 5.71. The fourth-order valence-corrected chi connectivity index (χ4v) is 1.57. The Kier molecular flexibility index (Phi) is 4.22. The first kappa shape index (κ1) is 13.6. The molecule has 0 aromatic rings. The Hall–Kier alpha value is -1.43. The highest BCUT2D eigenvalue weighted by Crippen LogP contribution is 2.10. The fourth-order valence-electron chi connectivity index (χ4n) is 1.57. The van der Waals surface area contributed by atoms with E-state index in [9.17, 15) is 14.4 Å². The number of nitrogens with one attached hydrogen (secondary N) is 1. The lowest BCUT2D eigenvalue weighted by Gasteiger charge is -2.32. The molecular formula is C11H19N3O3. The average Bonchev–Trinajstić information content (AvgIpc) is 2.22. The van der Waals surface area contributed by atoms with E-state index in [0.29, 0.717) is 0 Å². The predicted octanol–water partition coefficient (Wildman–Crippen LogP) is -0.767. The lowest BCUT2D eigenvalue weighted by Crippen LogP contribution is -2.59. The molecule has 0 radical (unpaired) electrons. The second-order valence-electron chi connectivity index (χ2n) is 4.72. The normalized spacial score (nSPS) is 22.6. The summed E-state index contributed by atoms with van der Waals surface area (Å²) in [6, 6.07) is -0.866. The largest absolute Gasteiger partial charge is 0.327 e. The highest BCUT2D eigenvalue weighted by molar-refractivity contribution is 6.04. The van der Waals surface area contributed by atoms with Crippen LogP contribution in [-0.4, -0.2) is 41.2 Å². The average molecular weight is 241 g/mol. The number of nitrogens with zero attached hydrogens (tertiary/aromatic N) is 1. The van der Waals surface area contributed by atoms with Crippen molar-refractivity contribution in [3.05, 3.63) is 0 Å². The lowest BCUT2D eigenvalue weighted by molar-refractivity contribution is -0.149. The summed E-state index contributed by atoms with van der Waals surface area (Å²) in [6.45, 7) is 5.38. The number of nitrogens with two attached hydrogens (primary N) is 1. The van der Waals surface area contributed by atoms with Crippen LogP contribution in [0.3, 0.4) is 0 Å². The highest BCUT2D eigenvalue weighted by Gasteiger charge is 2.33. The van der Waals surface area contributed by atoms with Gasteiger partial charge < -0.3 is 10.6 Å². The number of carbonyl (C=O) groups excluding carboxylic acids is 3. The van der Waals surface area contributed by atoms with Crippen LogP contribution >= 0.6 is 0 Å². The van der Waals surface area contributed by atoms with Crippen LogP contribution in [0.2, 0.25) is 0 Å². The van der Waals surface area contributed by atoms with Crippen LogP contribution < -0.4 is 11.1 Å². The summed E-state index contributed by atoms with van der Waals surface area (Å²) in [5.74, 6) is -0.947. The molecule has 1 aliphatic rings. The van der Waals surface area contributed by atoms with Crippen molar-refractivity contribution < 1.29 is 14.4 Å². The summed E-state index contributed by atoms with van der Waals surface area (Å²) in [5.41, 5.74) is 5.81. The van der Waals surface area contributed by atoms with Crippen molar-refractivity contribution >= 4 is 17.7 Å². The second-order valence-corrected chi connectivity index (χ2v) is 4.72. The molecule has 0 aromatic carbocycles. The Balaban J connectivity index is 2.67. The highest BCUT2D eigenvalue weighted by atomic mass is 16.2. The van der Waals surface area contributed by atoms with Crippen LogP contribution in [0.5, 0.6) is 0 Å². The first-order chi connectivity index (χ1) is 7.82. The minimum atomic E-state index is -0.612. The summed E-state index contributed by atoms with van der Waals surface area (Å²) in [5, 5.41) is 2.19. The Bertz CT molecular complexity index is 341. The van der Waals surface area contributed by atoms with Crippen molar-refractivity contribution in [2.45, 2.75) is 39.3 Å². The summed E-state index contributed by atoms with van der Waals surface area (Å²) >= 11 is 0. The van der Waals surface area contributed by atoms with Crippen molar-refractivity contribution in [1.82, 2.24) is 10.2 Å². The number of hydrogen-bond donors (Lipinski definition) is 2. The summed E-state index contributed by atoms with van der Waals surface area (Å²) < 4.78 is 0. The molecule has 0 saturated carbocycles. The molecule has 1 heterocycles. The molecule has 0 spiro atoms. The van der Waals surface area contributed by atoms with Gasteiger partial charge in [-0.25, -0.2) is 0 Å². The summed E-state index contributed by atoms with van der Waals surface area (Å²) in [6.07, 6.45) is 0.155. The molecule has 0 aliphatic carbocycles. The third kappa shape index (κ3) is 3.26. The standard InChI is InChI=1S/C11H19N3O3/c1-6(2)8(12)4-10(16)14-5-9(15)13-11(17)7(14)3/h6-8H,4-5,12H2,1-3H3,(H,13,15,17). The van der Waals surface area contributed by atoms with Crippen molar-refractivity contribution in [2.75, 3.05) is 6.54 Å². The van der Waals surface area contributed by atoms with Gasteiger partial charge in [0.2, 0.25) is 17.7 Å². The minimum absolute atomic E-state index is 0.0729. The monoisotopic (exact) mass is 241 g/mol. The van der Waals surface area contributed by atoms with Crippen molar-refractivity contribution in [3.63, 3.8) is 0 Å². The number of piperazine rings is 1. The van der Waals surface area contributed by atoms with Crippen molar-refractivity contribution in [1.29, 1.82) is 0 Å². The van der Waals surface area contributed by atoms with E-state index in [1.165, 1.54) is 4.90 Å². The van der Waals surface area contributed by atoms with E-state index < -0.39 is 17.9 Å². The van der Waals surface area contributed by atoms with Crippen LogP contribution in [0, 0.1) is 5.92 Å². The summed E-state index contributed by atoms with van der Waals surface area (Å²) in [7, 11) is 0. The first-order valence-electron chi connectivity index (χ1n) is 5.71. The molecule has 1 saturated heterocycles. The van der Waals surface area contributed by atoms with Crippen LogP contribution in [0.1, 0.15) is 27.2 Å². The zero-order valence-corrected chi connectivity index (χ0v) is 10.4. The van der Waals surface area contributed by atoms with Gasteiger partial charge >= 0.3 is 0 Å². The van der Waals surface area contributed by atoms with E-state index in [-0.39, 0.29) is 30.8 Å². The van der Waals surface area contributed by atoms with Gasteiger partial charge in [-0.1, -0.05) is 13.8 Å². The molecule has 3 N–H and O–H groups in total. The third-order valence-corrected chi connectivity index (χ3v) is 3.01. The molecule has 3 amide bonds. The number of amides is 3. The molecular weight excluding hydrogens is 222 g/mol. The molecule has 1 rings (SSSR count). The van der Waals surface area contributed by atoms with Gasteiger partial charge in [0.1, 0.15) is 12.6 Å². The topological polar surface area (TPSA) is 92.5 Å². The molecule has 96 valence electrons. The van der Waals surface area contributed by atoms with Crippen LogP contribution in [0.25, 0.3) is 0 Å². The van der Waals surface area contributed by atoms with E-state index in [2.05, 4.69) is 5.32 Å². The smallest absolute Gasteiger partial charge is 0.249 e. The SMILES string of the molecule is CC(C)C(N)CC(=O)N1CC(=O)NC(=O)C1C. The van der Waals surface area contributed by atoms with Gasteiger partial charge in [0.05, 0.1) is 0 Å². The third-order valence-electron chi connectivity index (χ3n) is 3.01. The number of carbonyl (C=O) groups is 3. The van der Waals surface area contributed by atoms with Crippen LogP contribution in [0.15, 0.2) is 0 Å². The quantitative estimate of drug-likeness (QED) is 0.635. The van der Waals surface area contributed by atoms with E-state index in [4.69, 9.17) is 5.73 Å². The maximum absolute atomic E-state index is 11.9. The molecule has 6 heteroatoms. The Morgan fingerprint density at radius 2 is 2.12 bits per heavy atom. The molecule has 6 nitrogen and oxygen atoms in total. The minimum Gasteiger partial charge on any atom is -0.327 e. The maximum atomic E-state index is 11.9. The van der Waals surface area contributed by atoms with Gasteiger partial charge in [-0.15, -0.1) is 0 Å². The molecule has 0 bridgehead atoms. The lowest BCUT2D eigenvalue weighted by atomic mass is 10.0. The second kappa shape index (κ2) is 5.27. The van der Waals surface area contributed by atoms with Gasteiger partial charge in [-0.3, -0.25) is 19.7 Å². The fraction of sp³-hybridized carbons (Fsp3) is 0.727. The van der Waals surface area contributed by atoms with Crippen molar-refractivity contribution in [2.24, 2.45) is 11.7 Å². The Morgan fingerprint density at radius 3 is 2.65 bits per heavy atom. The number of rotatable bonds is 3. The summed E-state index contributed by atoms with van der Waals surface area (Å²) in [4.78, 5) is 35.8. The zero-order valence-electron chi connectivity index (χ0n) is 10.4. The number of hydrogen-bond acceptors (Lipinski definition) is 4. The molecule has 2 atom stereocenters. The molecule has 0 aromatic heterocycles. The van der Waals surface area contributed by atoms with E-state index in [1.54, 1.807) is 6.92 Å².